The molecule has 0 amide bonds. The summed E-state index contributed by atoms with van der Waals surface area (Å²) in [7, 11) is -3.87. The fourth-order valence-electron chi connectivity index (χ4n) is 3.51. The molecule has 0 atom stereocenters. The number of anilines is 1. The zero-order valence-electron chi connectivity index (χ0n) is 20.1. The van der Waals surface area contributed by atoms with Crippen LogP contribution in [0, 0.1) is 0 Å². The third kappa shape index (κ3) is 6.52. The number of nitrogens with one attached hydrogen (secondary N) is 1. The number of hydrogen-bond donors (Lipinski definition) is 1. The van der Waals surface area contributed by atoms with Gasteiger partial charge in [0.2, 0.25) is 5.16 Å². The van der Waals surface area contributed by atoms with E-state index in [0.29, 0.717) is 23.5 Å². The fourth-order valence-corrected chi connectivity index (χ4v) is 6.29. The number of halogens is 6. The number of aromatic nitrogens is 5. The van der Waals surface area contributed by atoms with Crippen LogP contribution in [0.15, 0.2) is 92.6 Å². The van der Waals surface area contributed by atoms with Crippen molar-refractivity contribution in [3.8, 4) is 16.9 Å². The van der Waals surface area contributed by atoms with Gasteiger partial charge in [-0.3, -0.25) is 4.72 Å². The molecular weight excluding hydrogens is 614 g/mol. The molecule has 0 fully saturated rings. The molecule has 1 N–H and O–H groups in total. The molecule has 3 aromatic carbocycles. The summed E-state index contributed by atoms with van der Waals surface area (Å²) in [5.41, 5.74) is -2.56. The van der Waals surface area contributed by atoms with Gasteiger partial charge in [-0.15, -0.1) is 16.4 Å². The number of sulfonamides is 1. The minimum Gasteiger partial charge on any atom is -0.280 e. The van der Waals surface area contributed by atoms with Crippen LogP contribution < -0.4 is 4.72 Å². The second kappa shape index (κ2) is 10.8. The maximum Gasteiger partial charge on any atom is 0.416 e. The van der Waals surface area contributed by atoms with Gasteiger partial charge in [0.25, 0.3) is 10.0 Å². The van der Waals surface area contributed by atoms with E-state index in [-0.39, 0.29) is 31.7 Å². The first-order valence-corrected chi connectivity index (χ1v) is 14.4. The molecule has 0 aliphatic carbocycles. The van der Waals surface area contributed by atoms with E-state index in [1.165, 1.54) is 34.3 Å². The Morgan fingerprint density at radius 2 is 1.49 bits per heavy atom. The van der Waals surface area contributed by atoms with E-state index in [0.717, 1.165) is 23.1 Å². The molecule has 0 saturated heterocycles. The summed E-state index contributed by atoms with van der Waals surface area (Å²) in [5.74, 6) is 0. The zero-order valence-corrected chi connectivity index (χ0v) is 22.5. The summed E-state index contributed by atoms with van der Waals surface area (Å²) in [6.07, 6.45) is -9.98. The zero-order chi connectivity index (χ0) is 29.4. The quantitative estimate of drug-likeness (QED) is 0.198. The number of nitrogens with zero attached hydrogens (tertiary/aromatic N) is 5. The van der Waals surface area contributed by atoms with Crippen molar-refractivity contribution in [2.45, 2.75) is 26.7 Å². The van der Waals surface area contributed by atoms with Gasteiger partial charge in [0.1, 0.15) is 0 Å². The Kier molecular flexibility index (Phi) is 7.52. The Hall–Kier alpha value is -3.96. The van der Waals surface area contributed by atoms with Crippen molar-refractivity contribution < 1.29 is 34.8 Å². The molecule has 0 aliphatic heterocycles. The third-order valence-corrected chi connectivity index (χ3v) is 8.68. The first kappa shape index (κ1) is 28.6. The van der Waals surface area contributed by atoms with E-state index in [2.05, 4.69) is 25.2 Å². The van der Waals surface area contributed by atoms with Crippen molar-refractivity contribution in [3.05, 3.63) is 89.3 Å². The molecule has 0 spiro atoms. The maximum absolute atomic E-state index is 13.3. The van der Waals surface area contributed by atoms with Crippen LogP contribution in [0.1, 0.15) is 11.1 Å². The smallest absolute Gasteiger partial charge is 0.280 e. The van der Waals surface area contributed by atoms with E-state index < -0.39 is 33.5 Å². The van der Waals surface area contributed by atoms with Gasteiger partial charge in [0.15, 0.2) is 4.34 Å². The Morgan fingerprint density at radius 1 is 0.854 bits per heavy atom. The lowest BCUT2D eigenvalue weighted by molar-refractivity contribution is -0.143. The third-order valence-electron chi connectivity index (χ3n) is 5.40. The SMILES string of the molecule is O=S(=O)(Nc1ccccc1)c1ccc(-n2nnnc2Sc2nc(-c3cc(C(F)(F)F)cc(C(F)(F)F)c3)cs2)cc1. The molecule has 17 heteroatoms. The van der Waals surface area contributed by atoms with E-state index in [1.54, 1.807) is 30.3 Å². The number of benzene rings is 3. The second-order valence-electron chi connectivity index (χ2n) is 8.23. The average molecular weight is 629 g/mol. The molecular formula is C24H14F6N6O2S3. The number of para-hydroxylation sites is 1. The van der Waals surface area contributed by atoms with Gasteiger partial charge in [-0.1, -0.05) is 18.2 Å². The highest BCUT2D eigenvalue weighted by atomic mass is 32.2. The highest BCUT2D eigenvalue weighted by Crippen LogP contribution is 2.40. The van der Waals surface area contributed by atoms with Crippen LogP contribution in [0.25, 0.3) is 16.9 Å². The molecule has 41 heavy (non-hydrogen) atoms. The summed E-state index contributed by atoms with van der Waals surface area (Å²) < 4.78 is 109. The molecule has 0 radical (unpaired) electrons. The molecule has 0 bridgehead atoms. The van der Waals surface area contributed by atoms with Crippen LogP contribution in [-0.2, 0) is 22.4 Å². The first-order chi connectivity index (χ1) is 19.3. The van der Waals surface area contributed by atoms with Crippen molar-refractivity contribution in [2.75, 3.05) is 4.72 Å². The minimum absolute atomic E-state index is 0.0174. The molecule has 5 rings (SSSR count). The molecule has 212 valence electrons. The van der Waals surface area contributed by atoms with Crippen LogP contribution in [0.3, 0.4) is 0 Å². The van der Waals surface area contributed by atoms with Crippen molar-refractivity contribution >= 4 is 38.8 Å². The number of tetrazole rings is 1. The number of thiazole rings is 1. The molecule has 5 aromatic rings. The van der Waals surface area contributed by atoms with Gasteiger partial charge in [-0.2, -0.15) is 31.0 Å². The van der Waals surface area contributed by atoms with E-state index in [4.69, 9.17) is 0 Å². The highest BCUT2D eigenvalue weighted by molar-refractivity contribution is 8.00. The van der Waals surface area contributed by atoms with Gasteiger partial charge >= 0.3 is 12.4 Å². The van der Waals surface area contributed by atoms with E-state index >= 15 is 0 Å². The standard InChI is InChI=1S/C24H14F6N6O2S3/c25-23(26,27)15-10-14(11-16(12-15)24(28,29)30)20-13-39-22(31-20)40-21-32-34-35-36(21)18-6-8-19(9-7-18)41(37,38)33-17-4-2-1-3-5-17/h1-13,33H. The van der Waals surface area contributed by atoms with Crippen LogP contribution in [0.5, 0.6) is 0 Å². The van der Waals surface area contributed by atoms with Crippen molar-refractivity contribution in [3.63, 3.8) is 0 Å². The Bertz CT molecular complexity index is 1750. The summed E-state index contributed by atoms with van der Waals surface area (Å²) in [5, 5.41) is 12.9. The van der Waals surface area contributed by atoms with Crippen molar-refractivity contribution in [2.24, 2.45) is 0 Å². The Labute approximate surface area is 236 Å². The highest BCUT2D eigenvalue weighted by Gasteiger charge is 2.37. The lowest BCUT2D eigenvalue weighted by Gasteiger charge is -2.13. The minimum atomic E-state index is -4.99. The van der Waals surface area contributed by atoms with E-state index in [1.807, 2.05) is 0 Å². The summed E-state index contributed by atoms with van der Waals surface area (Å²) in [6, 6.07) is 15.2. The Morgan fingerprint density at radius 3 is 2.10 bits per heavy atom. The summed E-state index contributed by atoms with van der Waals surface area (Å²) in [4.78, 5) is 4.16. The lowest BCUT2D eigenvalue weighted by atomic mass is 10.0. The second-order valence-corrected chi connectivity index (χ2v) is 12.0. The molecule has 0 aliphatic rings. The van der Waals surface area contributed by atoms with Crippen LogP contribution >= 0.6 is 23.1 Å². The van der Waals surface area contributed by atoms with Crippen molar-refractivity contribution in [1.29, 1.82) is 0 Å². The van der Waals surface area contributed by atoms with Gasteiger partial charge in [-0.25, -0.2) is 13.4 Å². The van der Waals surface area contributed by atoms with Crippen LogP contribution in [-0.4, -0.2) is 33.6 Å². The Balaban J connectivity index is 1.37. The number of alkyl halides is 6. The molecule has 2 heterocycles. The monoisotopic (exact) mass is 628 g/mol. The predicted octanol–water partition coefficient (Wildman–Crippen LogP) is 6.78. The summed E-state index contributed by atoms with van der Waals surface area (Å²) >= 11 is 1.89. The topological polar surface area (TPSA) is 103 Å². The average Bonchev–Trinajstić information content (AvgIpc) is 3.58. The molecule has 0 saturated carbocycles. The first-order valence-electron chi connectivity index (χ1n) is 11.2. The van der Waals surface area contributed by atoms with Gasteiger partial charge < -0.3 is 0 Å². The normalized spacial score (nSPS) is 12.4. The van der Waals surface area contributed by atoms with Crippen molar-refractivity contribution in [1.82, 2.24) is 25.2 Å². The maximum atomic E-state index is 13.3. The molecule has 0 unspecified atom stereocenters. The fraction of sp³-hybridized carbons (Fsp3) is 0.0833. The molecule has 2 aromatic heterocycles. The largest absolute Gasteiger partial charge is 0.416 e. The molecule has 8 nitrogen and oxygen atoms in total. The van der Waals surface area contributed by atoms with E-state index in [9.17, 15) is 34.8 Å². The number of rotatable bonds is 7. The van der Waals surface area contributed by atoms with Gasteiger partial charge in [-0.05, 0) is 76.8 Å². The predicted molar refractivity (Wildman–Crippen MR) is 138 cm³/mol. The lowest BCUT2D eigenvalue weighted by Crippen LogP contribution is -2.13. The van der Waals surface area contributed by atoms with Gasteiger partial charge in [0.05, 0.1) is 27.4 Å². The summed E-state index contributed by atoms with van der Waals surface area (Å²) in [6.45, 7) is 0. The van der Waals surface area contributed by atoms with Crippen LogP contribution in [0.4, 0.5) is 32.0 Å². The van der Waals surface area contributed by atoms with Crippen LogP contribution in [0.2, 0.25) is 0 Å². The van der Waals surface area contributed by atoms with Gasteiger partial charge in [0, 0.05) is 16.6 Å². The number of hydrogen-bond acceptors (Lipinski definition) is 8.